The topological polar surface area (TPSA) is 78.9 Å². The minimum Gasteiger partial charge on any atom is -0.462 e. The molecule has 0 aromatic carbocycles. The van der Waals surface area contributed by atoms with Crippen molar-refractivity contribution in [1.82, 2.24) is 0 Å². The van der Waals surface area contributed by atoms with E-state index in [2.05, 4.69) is 106 Å². The van der Waals surface area contributed by atoms with E-state index in [4.69, 9.17) is 14.2 Å². The molecule has 0 fully saturated rings. The molecule has 0 saturated heterocycles. The van der Waals surface area contributed by atoms with Crippen LogP contribution in [0.25, 0.3) is 0 Å². The summed E-state index contributed by atoms with van der Waals surface area (Å²) in [5.41, 5.74) is 0. The third-order valence-electron chi connectivity index (χ3n) is 14.9. The minimum atomic E-state index is -0.796. The average Bonchev–Trinajstić information content (AvgIpc) is 3.45. The van der Waals surface area contributed by atoms with Crippen LogP contribution in [-0.2, 0) is 28.6 Å². The van der Waals surface area contributed by atoms with Gasteiger partial charge in [0.25, 0.3) is 0 Å². The first-order valence-electron chi connectivity index (χ1n) is 34.1. The molecule has 0 amide bonds. The highest BCUT2D eigenvalue weighted by molar-refractivity contribution is 5.71. The van der Waals surface area contributed by atoms with Gasteiger partial charge in [-0.05, 0) is 116 Å². The molecule has 0 aromatic rings. The minimum absolute atomic E-state index is 0.0885. The molecule has 0 aliphatic heterocycles. The van der Waals surface area contributed by atoms with Gasteiger partial charge >= 0.3 is 17.9 Å². The maximum Gasteiger partial charge on any atom is 0.306 e. The van der Waals surface area contributed by atoms with Crippen LogP contribution in [0.2, 0.25) is 0 Å². The van der Waals surface area contributed by atoms with E-state index < -0.39 is 6.10 Å². The number of allylic oxidation sites excluding steroid dienone is 14. The first-order chi connectivity index (χ1) is 39.0. The fourth-order valence-electron chi connectivity index (χ4n) is 9.76. The Hall–Kier alpha value is -3.41. The standard InChI is InChI=1S/C73H128O6/c1-4-7-10-13-16-19-22-25-28-30-32-33-34-35-36-37-38-39-41-42-45-48-51-54-57-60-63-66-72(75)78-69-70(68-77-71(74)65-62-59-56-53-50-47-44-27-24-21-18-15-12-9-6-3)79-73(76)67-64-61-58-55-52-49-46-43-40-31-29-26-23-20-17-14-11-8-5-2/h9,12,18,21-22,25-27,29-30,32,44,50,53,70H,4-8,10-11,13-17,19-20,23-24,28,31,33-43,45-49,51-52,54-69H2,1-3H3/b12-9-,21-18-,25-22-,29-26-,32-30-,44-27-,53-50-. The van der Waals surface area contributed by atoms with Gasteiger partial charge in [0.15, 0.2) is 6.10 Å². The average molecular weight is 1100 g/mol. The molecule has 6 nitrogen and oxygen atoms in total. The zero-order valence-electron chi connectivity index (χ0n) is 52.4. The van der Waals surface area contributed by atoms with Crippen molar-refractivity contribution in [1.29, 1.82) is 0 Å². The molecular weight excluding hydrogens is 973 g/mol. The van der Waals surface area contributed by atoms with E-state index in [0.717, 1.165) is 89.9 Å². The smallest absolute Gasteiger partial charge is 0.306 e. The molecule has 0 saturated carbocycles. The van der Waals surface area contributed by atoms with E-state index in [0.29, 0.717) is 19.3 Å². The van der Waals surface area contributed by atoms with Gasteiger partial charge in [-0.1, -0.05) is 292 Å². The summed E-state index contributed by atoms with van der Waals surface area (Å²) in [5.74, 6) is -0.919. The molecule has 0 spiro atoms. The SMILES string of the molecule is CC/C=C\C/C=C\C/C=C\C/C=C\CCCCC(=O)OCC(COC(=O)CCCCCCCCCCCCCCCCC/C=C\C/C=C\CCCCCCC)OC(=O)CCCCCCCCCCC/C=C\CCCCCCCC. The Morgan fingerprint density at radius 2 is 0.494 bits per heavy atom. The highest BCUT2D eigenvalue weighted by atomic mass is 16.6. The molecule has 0 aromatic heterocycles. The van der Waals surface area contributed by atoms with Gasteiger partial charge in [-0.2, -0.15) is 0 Å². The number of ether oxygens (including phenoxy) is 3. The normalized spacial score (nSPS) is 12.6. The second-order valence-corrected chi connectivity index (χ2v) is 22.7. The third-order valence-corrected chi connectivity index (χ3v) is 14.9. The second-order valence-electron chi connectivity index (χ2n) is 22.7. The Balaban J connectivity index is 4.31. The van der Waals surface area contributed by atoms with Crippen molar-refractivity contribution in [3.63, 3.8) is 0 Å². The van der Waals surface area contributed by atoms with Crippen LogP contribution in [0.4, 0.5) is 0 Å². The zero-order chi connectivity index (χ0) is 57.1. The fraction of sp³-hybridized carbons (Fsp3) is 0.767. The lowest BCUT2D eigenvalue weighted by Gasteiger charge is -2.18. The zero-order valence-corrected chi connectivity index (χ0v) is 52.4. The van der Waals surface area contributed by atoms with Crippen molar-refractivity contribution in [2.24, 2.45) is 0 Å². The van der Waals surface area contributed by atoms with Gasteiger partial charge in [-0.25, -0.2) is 0 Å². The van der Waals surface area contributed by atoms with Crippen molar-refractivity contribution >= 4 is 17.9 Å². The second kappa shape index (κ2) is 67.1. The Morgan fingerprint density at radius 3 is 0.810 bits per heavy atom. The van der Waals surface area contributed by atoms with Gasteiger partial charge in [0.05, 0.1) is 0 Å². The number of carbonyl (C=O) groups is 3. The van der Waals surface area contributed by atoms with Crippen molar-refractivity contribution in [2.45, 2.75) is 348 Å². The predicted molar refractivity (Wildman–Crippen MR) is 344 cm³/mol. The van der Waals surface area contributed by atoms with E-state index in [1.807, 2.05) is 0 Å². The van der Waals surface area contributed by atoms with Crippen LogP contribution >= 0.6 is 0 Å². The van der Waals surface area contributed by atoms with Gasteiger partial charge in [0.1, 0.15) is 13.2 Å². The summed E-state index contributed by atoms with van der Waals surface area (Å²) in [4.78, 5) is 38.4. The fourth-order valence-corrected chi connectivity index (χ4v) is 9.76. The summed E-state index contributed by atoms with van der Waals surface area (Å²) in [6.45, 7) is 6.52. The summed E-state index contributed by atoms with van der Waals surface area (Å²) < 4.78 is 16.9. The van der Waals surface area contributed by atoms with Gasteiger partial charge < -0.3 is 14.2 Å². The van der Waals surface area contributed by atoms with E-state index in [1.54, 1.807) is 0 Å². The first kappa shape index (κ1) is 75.6. The molecule has 0 aliphatic carbocycles. The molecule has 79 heavy (non-hydrogen) atoms. The quantitative estimate of drug-likeness (QED) is 0.0261. The van der Waals surface area contributed by atoms with E-state index in [9.17, 15) is 14.4 Å². The molecular formula is C73H128O6. The lowest BCUT2D eigenvalue weighted by atomic mass is 10.0. The van der Waals surface area contributed by atoms with Crippen LogP contribution in [0.3, 0.4) is 0 Å². The molecule has 1 atom stereocenters. The highest BCUT2D eigenvalue weighted by Crippen LogP contribution is 2.17. The molecule has 456 valence electrons. The number of carbonyl (C=O) groups excluding carboxylic acids is 3. The predicted octanol–water partition coefficient (Wildman–Crippen LogP) is 23.4. The molecule has 0 heterocycles. The number of hydrogen-bond acceptors (Lipinski definition) is 6. The van der Waals surface area contributed by atoms with Gasteiger partial charge in [-0.3, -0.25) is 14.4 Å². The molecule has 0 N–H and O–H groups in total. The lowest BCUT2D eigenvalue weighted by Crippen LogP contribution is -2.30. The molecule has 1 unspecified atom stereocenters. The summed E-state index contributed by atoms with van der Waals surface area (Å²) in [6.07, 6.45) is 88.9. The maximum atomic E-state index is 12.9. The molecule has 0 aliphatic rings. The summed E-state index contributed by atoms with van der Waals surface area (Å²) in [6, 6.07) is 0. The lowest BCUT2D eigenvalue weighted by molar-refractivity contribution is -0.167. The number of hydrogen-bond donors (Lipinski definition) is 0. The van der Waals surface area contributed by atoms with Crippen molar-refractivity contribution in [2.75, 3.05) is 13.2 Å². The number of unbranched alkanes of at least 4 members (excludes halogenated alkanes) is 37. The Kier molecular flexibility index (Phi) is 64.2. The summed E-state index contributed by atoms with van der Waals surface area (Å²) in [7, 11) is 0. The van der Waals surface area contributed by atoms with Crippen molar-refractivity contribution < 1.29 is 28.6 Å². The Labute approximate surface area is 490 Å². The molecule has 0 bridgehead atoms. The van der Waals surface area contributed by atoms with Crippen LogP contribution < -0.4 is 0 Å². The summed E-state index contributed by atoms with van der Waals surface area (Å²) in [5, 5.41) is 0. The van der Waals surface area contributed by atoms with Crippen LogP contribution in [0, 0.1) is 0 Å². The third kappa shape index (κ3) is 65.3. The van der Waals surface area contributed by atoms with Crippen LogP contribution in [-0.4, -0.2) is 37.2 Å². The monoisotopic (exact) mass is 1100 g/mol. The Bertz CT molecular complexity index is 1500. The summed E-state index contributed by atoms with van der Waals surface area (Å²) >= 11 is 0. The maximum absolute atomic E-state index is 12.9. The van der Waals surface area contributed by atoms with Crippen molar-refractivity contribution in [3.05, 3.63) is 85.1 Å². The van der Waals surface area contributed by atoms with Crippen LogP contribution in [0.1, 0.15) is 342 Å². The van der Waals surface area contributed by atoms with Crippen molar-refractivity contribution in [3.8, 4) is 0 Å². The van der Waals surface area contributed by atoms with Gasteiger partial charge in [-0.15, -0.1) is 0 Å². The Morgan fingerprint density at radius 1 is 0.266 bits per heavy atom. The highest BCUT2D eigenvalue weighted by Gasteiger charge is 2.19. The van der Waals surface area contributed by atoms with Crippen LogP contribution in [0.5, 0.6) is 0 Å². The van der Waals surface area contributed by atoms with Crippen LogP contribution in [0.15, 0.2) is 85.1 Å². The molecule has 6 heteroatoms. The van der Waals surface area contributed by atoms with Gasteiger partial charge in [0.2, 0.25) is 0 Å². The van der Waals surface area contributed by atoms with Gasteiger partial charge in [0, 0.05) is 19.3 Å². The molecule has 0 rings (SSSR count). The van der Waals surface area contributed by atoms with E-state index >= 15 is 0 Å². The van der Waals surface area contributed by atoms with E-state index in [1.165, 1.54) is 212 Å². The van der Waals surface area contributed by atoms with E-state index in [-0.39, 0.29) is 31.1 Å². The molecule has 0 radical (unpaired) electrons. The number of esters is 3. The number of rotatable bonds is 62. The largest absolute Gasteiger partial charge is 0.462 e. The first-order valence-corrected chi connectivity index (χ1v) is 34.1.